The van der Waals surface area contributed by atoms with E-state index in [-0.39, 0.29) is 16.7 Å². The molecule has 1 fully saturated rings. The number of nitrogens with one attached hydrogen (secondary N) is 1. The lowest BCUT2D eigenvalue weighted by Crippen LogP contribution is -2.46. The molecule has 0 saturated carbocycles. The standard InChI is InChI=1S/C15H27N3O3S/c1-11(14-17-9-13(21-14)15(2,3)4)18-8-6-7-12(10-18)22(19,20)16-5/h9,11-12,16H,6-8,10H2,1-5H3/t11-,12+/m1/s1. The van der Waals surface area contributed by atoms with Crippen LogP contribution in [0.5, 0.6) is 0 Å². The Morgan fingerprint density at radius 3 is 2.68 bits per heavy atom. The van der Waals surface area contributed by atoms with Gasteiger partial charge in [0, 0.05) is 12.0 Å². The van der Waals surface area contributed by atoms with Gasteiger partial charge in [0.05, 0.1) is 17.5 Å². The van der Waals surface area contributed by atoms with E-state index in [9.17, 15) is 8.42 Å². The molecule has 126 valence electrons. The van der Waals surface area contributed by atoms with Crippen molar-refractivity contribution in [3.8, 4) is 0 Å². The van der Waals surface area contributed by atoms with E-state index < -0.39 is 10.0 Å². The fourth-order valence-corrected chi connectivity index (χ4v) is 3.92. The topological polar surface area (TPSA) is 75.4 Å². The maximum Gasteiger partial charge on any atom is 0.215 e. The average molecular weight is 329 g/mol. The molecule has 0 spiro atoms. The predicted molar refractivity (Wildman–Crippen MR) is 86.2 cm³/mol. The Hall–Kier alpha value is -0.920. The smallest absolute Gasteiger partial charge is 0.215 e. The van der Waals surface area contributed by atoms with Gasteiger partial charge in [-0.1, -0.05) is 20.8 Å². The van der Waals surface area contributed by atoms with Crippen LogP contribution in [0.2, 0.25) is 0 Å². The average Bonchev–Trinajstić information content (AvgIpc) is 2.96. The lowest BCUT2D eigenvalue weighted by molar-refractivity contribution is 0.151. The molecule has 0 aliphatic carbocycles. The number of hydrogen-bond acceptors (Lipinski definition) is 5. The molecule has 7 heteroatoms. The number of nitrogens with zero attached hydrogens (tertiary/aromatic N) is 2. The Labute approximate surface area is 133 Å². The van der Waals surface area contributed by atoms with Crippen LogP contribution in [0, 0.1) is 0 Å². The molecule has 1 aromatic rings. The molecule has 1 aliphatic heterocycles. The molecule has 0 aromatic carbocycles. The van der Waals surface area contributed by atoms with E-state index in [1.54, 1.807) is 6.20 Å². The van der Waals surface area contributed by atoms with Crippen molar-refractivity contribution in [2.45, 2.75) is 57.2 Å². The van der Waals surface area contributed by atoms with Crippen LogP contribution in [0.4, 0.5) is 0 Å². The summed E-state index contributed by atoms with van der Waals surface area (Å²) in [6, 6.07) is -0.0223. The van der Waals surface area contributed by atoms with Gasteiger partial charge in [-0.3, -0.25) is 4.90 Å². The molecule has 2 rings (SSSR count). The molecule has 0 unspecified atom stereocenters. The Morgan fingerprint density at radius 2 is 2.14 bits per heavy atom. The molecule has 1 saturated heterocycles. The van der Waals surface area contributed by atoms with Gasteiger partial charge in [-0.25, -0.2) is 18.1 Å². The summed E-state index contributed by atoms with van der Waals surface area (Å²) in [6.45, 7) is 9.64. The molecule has 2 heterocycles. The van der Waals surface area contributed by atoms with Crippen molar-refractivity contribution in [1.29, 1.82) is 0 Å². The molecule has 22 heavy (non-hydrogen) atoms. The summed E-state index contributed by atoms with van der Waals surface area (Å²) >= 11 is 0. The van der Waals surface area contributed by atoms with Crippen molar-refractivity contribution in [2.24, 2.45) is 0 Å². The maximum absolute atomic E-state index is 12.0. The van der Waals surface area contributed by atoms with Gasteiger partial charge < -0.3 is 4.42 Å². The summed E-state index contributed by atoms with van der Waals surface area (Å²) in [7, 11) is -1.76. The third-order valence-corrected chi connectivity index (χ3v) is 6.13. The zero-order chi connectivity index (χ0) is 16.5. The molecule has 2 atom stereocenters. The second kappa shape index (κ2) is 6.29. The van der Waals surface area contributed by atoms with Gasteiger partial charge in [-0.15, -0.1) is 0 Å². The second-order valence-corrected chi connectivity index (χ2v) is 9.16. The molecule has 1 aromatic heterocycles. The molecular formula is C15H27N3O3S. The Kier molecular flexibility index (Phi) is 4.99. The number of rotatable bonds is 4. The fraction of sp³-hybridized carbons (Fsp3) is 0.800. The van der Waals surface area contributed by atoms with Gasteiger partial charge in [0.1, 0.15) is 5.76 Å². The van der Waals surface area contributed by atoms with Crippen molar-refractivity contribution in [1.82, 2.24) is 14.6 Å². The zero-order valence-electron chi connectivity index (χ0n) is 14.1. The summed E-state index contributed by atoms with van der Waals surface area (Å²) in [5.74, 6) is 1.51. The quantitative estimate of drug-likeness (QED) is 0.915. The number of likely N-dealkylation sites (tertiary alicyclic amines) is 1. The van der Waals surface area contributed by atoms with E-state index >= 15 is 0 Å². The van der Waals surface area contributed by atoms with Crippen molar-refractivity contribution in [2.75, 3.05) is 20.1 Å². The van der Waals surface area contributed by atoms with Crippen LogP contribution in [-0.4, -0.2) is 43.7 Å². The van der Waals surface area contributed by atoms with Crippen LogP contribution >= 0.6 is 0 Å². The Balaban J connectivity index is 2.12. The van der Waals surface area contributed by atoms with E-state index in [2.05, 4.69) is 35.4 Å². The minimum absolute atomic E-state index is 0.0223. The number of aromatic nitrogens is 1. The summed E-state index contributed by atoms with van der Waals surface area (Å²) in [5, 5.41) is -0.370. The molecule has 0 amide bonds. The van der Waals surface area contributed by atoms with Crippen molar-refractivity contribution in [3.63, 3.8) is 0 Å². The molecule has 1 N–H and O–H groups in total. The van der Waals surface area contributed by atoms with E-state index in [0.717, 1.165) is 18.7 Å². The van der Waals surface area contributed by atoms with Gasteiger partial charge in [-0.2, -0.15) is 0 Å². The molecule has 0 bridgehead atoms. The minimum Gasteiger partial charge on any atom is -0.443 e. The van der Waals surface area contributed by atoms with Crippen molar-refractivity contribution in [3.05, 3.63) is 17.8 Å². The fourth-order valence-electron chi connectivity index (χ4n) is 2.72. The van der Waals surface area contributed by atoms with Crippen LogP contribution < -0.4 is 4.72 Å². The van der Waals surface area contributed by atoms with Crippen molar-refractivity contribution < 1.29 is 12.8 Å². The van der Waals surface area contributed by atoms with Gasteiger partial charge in [-0.05, 0) is 33.4 Å². The molecule has 6 nitrogen and oxygen atoms in total. The summed E-state index contributed by atoms with van der Waals surface area (Å²) < 4.78 is 32.4. The Morgan fingerprint density at radius 1 is 1.45 bits per heavy atom. The predicted octanol–water partition coefficient (Wildman–Crippen LogP) is 2.05. The highest BCUT2D eigenvalue weighted by Crippen LogP contribution is 2.29. The highest BCUT2D eigenvalue weighted by molar-refractivity contribution is 7.90. The molecule has 0 radical (unpaired) electrons. The zero-order valence-corrected chi connectivity index (χ0v) is 14.9. The number of oxazole rings is 1. The lowest BCUT2D eigenvalue weighted by Gasteiger charge is -2.35. The summed E-state index contributed by atoms with van der Waals surface area (Å²) in [4.78, 5) is 6.53. The van der Waals surface area contributed by atoms with E-state index in [4.69, 9.17) is 4.42 Å². The number of piperidine rings is 1. The first-order valence-electron chi connectivity index (χ1n) is 7.78. The van der Waals surface area contributed by atoms with Crippen LogP contribution in [0.3, 0.4) is 0 Å². The Bertz CT molecular complexity index is 604. The van der Waals surface area contributed by atoms with Crippen molar-refractivity contribution >= 4 is 10.0 Å². The molecular weight excluding hydrogens is 302 g/mol. The highest BCUT2D eigenvalue weighted by atomic mass is 32.2. The summed E-state index contributed by atoms with van der Waals surface area (Å²) in [6.07, 6.45) is 3.34. The SMILES string of the molecule is CNS(=O)(=O)[C@H]1CCCN([C@H](C)c2ncc(C(C)(C)C)o2)C1. The normalized spacial score (nSPS) is 22.7. The summed E-state index contributed by atoms with van der Waals surface area (Å²) in [5.41, 5.74) is -0.0785. The van der Waals surface area contributed by atoms with E-state index in [1.165, 1.54) is 7.05 Å². The second-order valence-electron chi connectivity index (χ2n) is 7.00. The minimum atomic E-state index is -3.23. The number of hydrogen-bond donors (Lipinski definition) is 1. The third kappa shape index (κ3) is 3.70. The van der Waals surface area contributed by atoms with Gasteiger partial charge in [0.2, 0.25) is 15.9 Å². The first kappa shape index (κ1) is 17.4. The highest BCUT2D eigenvalue weighted by Gasteiger charge is 2.33. The number of sulfonamides is 1. The maximum atomic E-state index is 12.0. The van der Waals surface area contributed by atoms with Gasteiger partial charge in [0.15, 0.2) is 0 Å². The monoisotopic (exact) mass is 329 g/mol. The van der Waals surface area contributed by atoms with Crippen LogP contribution in [0.1, 0.15) is 58.2 Å². The van der Waals surface area contributed by atoms with Crippen LogP contribution in [0.25, 0.3) is 0 Å². The largest absolute Gasteiger partial charge is 0.443 e. The van der Waals surface area contributed by atoms with E-state index in [1.807, 2.05) is 6.92 Å². The molecule has 1 aliphatic rings. The first-order valence-corrected chi connectivity index (χ1v) is 9.32. The lowest BCUT2D eigenvalue weighted by atomic mass is 9.94. The van der Waals surface area contributed by atoms with E-state index in [0.29, 0.717) is 18.9 Å². The van der Waals surface area contributed by atoms with Crippen LogP contribution in [-0.2, 0) is 15.4 Å². The van der Waals surface area contributed by atoms with Gasteiger partial charge in [0.25, 0.3) is 0 Å². The third-order valence-electron chi connectivity index (χ3n) is 4.30. The van der Waals surface area contributed by atoms with Gasteiger partial charge >= 0.3 is 0 Å². The van der Waals surface area contributed by atoms with Crippen LogP contribution in [0.15, 0.2) is 10.6 Å². The first-order chi connectivity index (χ1) is 10.1.